The number of hydrogen-bond donors (Lipinski definition) is 0. The SMILES string of the molecule is Cc1c(C(C)(C)C)n[n-]c1-c1ccncn1.Cc1c(C(C)(C)C)n[n-]c1-c1ccncn1.[Pt+2]. The number of rotatable bonds is 2. The molecule has 0 radical (unpaired) electrons. The zero-order valence-electron chi connectivity index (χ0n) is 20.4. The summed E-state index contributed by atoms with van der Waals surface area (Å²) in [5.41, 5.74) is 7.66. The minimum Gasteiger partial charge on any atom is -0.573 e. The predicted octanol–water partition coefficient (Wildman–Crippen LogP) is 4.20. The first-order valence-electron chi connectivity index (χ1n) is 10.5. The maximum Gasteiger partial charge on any atom is 2.00 e. The van der Waals surface area contributed by atoms with E-state index >= 15 is 0 Å². The summed E-state index contributed by atoms with van der Waals surface area (Å²) in [7, 11) is 0. The summed E-state index contributed by atoms with van der Waals surface area (Å²) < 4.78 is 0. The summed E-state index contributed by atoms with van der Waals surface area (Å²) >= 11 is 0. The summed E-state index contributed by atoms with van der Waals surface area (Å²) in [4.78, 5) is 16.2. The normalized spacial score (nSPS) is 11.4. The molecule has 4 heterocycles. The minimum absolute atomic E-state index is 0. The Hall–Kier alpha value is -2.73. The Balaban J connectivity index is 0.000000227. The van der Waals surface area contributed by atoms with Crippen molar-refractivity contribution in [1.29, 1.82) is 0 Å². The predicted molar refractivity (Wildman–Crippen MR) is 124 cm³/mol. The fourth-order valence-corrected chi connectivity index (χ4v) is 3.50. The fraction of sp³-hybridized carbons (Fsp3) is 0.417. The Kier molecular flexibility index (Phi) is 8.41. The van der Waals surface area contributed by atoms with Gasteiger partial charge >= 0.3 is 21.1 Å². The first-order chi connectivity index (χ1) is 15.0. The van der Waals surface area contributed by atoms with Crippen molar-refractivity contribution in [3.05, 3.63) is 59.7 Å². The van der Waals surface area contributed by atoms with E-state index < -0.39 is 0 Å². The average molecular weight is 626 g/mol. The summed E-state index contributed by atoms with van der Waals surface area (Å²) in [6.07, 6.45) is 6.49. The van der Waals surface area contributed by atoms with Crippen molar-refractivity contribution in [1.82, 2.24) is 40.3 Å². The van der Waals surface area contributed by atoms with Gasteiger partial charge in [0, 0.05) is 34.6 Å². The van der Waals surface area contributed by atoms with Crippen LogP contribution in [0, 0.1) is 13.8 Å². The van der Waals surface area contributed by atoms with E-state index in [1.807, 2.05) is 26.0 Å². The van der Waals surface area contributed by atoms with Gasteiger partial charge in [-0.3, -0.25) is 0 Å². The van der Waals surface area contributed by atoms with Crippen molar-refractivity contribution in [2.24, 2.45) is 0 Å². The molecule has 8 nitrogen and oxygen atoms in total. The third-order valence-electron chi connectivity index (χ3n) is 4.99. The van der Waals surface area contributed by atoms with E-state index in [0.29, 0.717) is 0 Å². The summed E-state index contributed by atoms with van der Waals surface area (Å²) in [5.74, 6) is 0. The molecule has 0 saturated carbocycles. The van der Waals surface area contributed by atoms with Crippen molar-refractivity contribution in [2.45, 2.75) is 66.2 Å². The largest absolute Gasteiger partial charge is 2.00 e. The van der Waals surface area contributed by atoms with E-state index in [2.05, 4.69) is 81.9 Å². The molecular formula is C24H30N8Pt. The van der Waals surface area contributed by atoms with Crippen LogP contribution in [0.2, 0.25) is 0 Å². The molecule has 0 spiro atoms. The Morgan fingerprint density at radius 2 is 1.00 bits per heavy atom. The summed E-state index contributed by atoms with van der Waals surface area (Å²) in [6, 6.07) is 3.70. The van der Waals surface area contributed by atoms with E-state index in [4.69, 9.17) is 0 Å². The van der Waals surface area contributed by atoms with Crippen LogP contribution >= 0.6 is 0 Å². The number of aromatic nitrogens is 8. The molecule has 4 rings (SSSR count). The quantitative estimate of drug-likeness (QED) is 0.327. The zero-order valence-corrected chi connectivity index (χ0v) is 22.6. The zero-order chi connectivity index (χ0) is 23.5. The van der Waals surface area contributed by atoms with Gasteiger partial charge in [0.2, 0.25) is 0 Å². The second-order valence-electron chi connectivity index (χ2n) is 9.73. The molecule has 0 aliphatic carbocycles. The van der Waals surface area contributed by atoms with E-state index in [-0.39, 0.29) is 31.9 Å². The molecule has 0 aliphatic heterocycles. The van der Waals surface area contributed by atoms with Gasteiger partial charge in [0.1, 0.15) is 12.7 Å². The molecule has 0 saturated heterocycles. The Morgan fingerprint density at radius 3 is 1.24 bits per heavy atom. The maximum atomic E-state index is 4.25. The van der Waals surface area contributed by atoms with Gasteiger partial charge in [0.15, 0.2) is 0 Å². The third kappa shape index (κ3) is 6.20. The molecule has 0 atom stereocenters. The van der Waals surface area contributed by atoms with E-state index in [0.717, 1.165) is 45.3 Å². The first-order valence-corrected chi connectivity index (χ1v) is 10.5. The Morgan fingerprint density at radius 1 is 0.636 bits per heavy atom. The van der Waals surface area contributed by atoms with Crippen molar-refractivity contribution in [3.8, 4) is 22.8 Å². The number of hydrogen-bond acceptors (Lipinski definition) is 6. The molecular weight excluding hydrogens is 595 g/mol. The van der Waals surface area contributed by atoms with E-state index in [1.165, 1.54) is 12.7 Å². The topological polar surface area (TPSA) is 106 Å². The van der Waals surface area contributed by atoms with Gasteiger partial charge in [-0.2, -0.15) is 0 Å². The van der Waals surface area contributed by atoms with Crippen LogP contribution < -0.4 is 10.2 Å². The summed E-state index contributed by atoms with van der Waals surface area (Å²) in [5, 5.41) is 16.9. The molecule has 0 unspecified atom stereocenters. The van der Waals surface area contributed by atoms with Gasteiger partial charge < -0.3 is 20.4 Å². The van der Waals surface area contributed by atoms with Gasteiger partial charge in [-0.25, -0.2) is 19.9 Å². The molecule has 0 amide bonds. The van der Waals surface area contributed by atoms with Crippen molar-refractivity contribution in [3.63, 3.8) is 0 Å². The minimum atomic E-state index is 0. The monoisotopic (exact) mass is 625 g/mol. The van der Waals surface area contributed by atoms with Crippen molar-refractivity contribution < 1.29 is 21.1 Å². The fourth-order valence-electron chi connectivity index (χ4n) is 3.50. The molecule has 4 aromatic heterocycles. The summed E-state index contributed by atoms with van der Waals surface area (Å²) in [6.45, 7) is 16.9. The molecule has 0 fully saturated rings. The van der Waals surface area contributed by atoms with Crippen LogP contribution in [0.5, 0.6) is 0 Å². The third-order valence-corrected chi connectivity index (χ3v) is 4.99. The smallest absolute Gasteiger partial charge is 0.573 e. The first kappa shape index (κ1) is 26.5. The molecule has 176 valence electrons. The van der Waals surface area contributed by atoms with Crippen LogP contribution in [0.4, 0.5) is 0 Å². The van der Waals surface area contributed by atoms with Gasteiger partial charge in [-0.15, -0.1) is 0 Å². The molecule has 9 heteroatoms. The van der Waals surface area contributed by atoms with Gasteiger partial charge in [0.05, 0.1) is 11.4 Å². The van der Waals surface area contributed by atoms with Crippen LogP contribution in [-0.4, -0.2) is 30.1 Å². The molecule has 0 aliphatic rings. The van der Waals surface area contributed by atoms with Gasteiger partial charge in [-0.1, -0.05) is 52.9 Å². The standard InChI is InChI=1S/2C12H15N4.Pt/c2*1-8-10(9-5-6-13-7-14-9)15-16-11(8)12(2,3)4;/h2*5-7H,1-4H3;/q2*-1;+2. The molecule has 33 heavy (non-hydrogen) atoms. The second-order valence-corrected chi connectivity index (χ2v) is 9.73. The van der Waals surface area contributed by atoms with E-state index in [9.17, 15) is 0 Å². The number of nitrogens with zero attached hydrogens (tertiary/aromatic N) is 8. The van der Waals surface area contributed by atoms with Gasteiger partial charge in [-0.05, 0) is 37.1 Å². The van der Waals surface area contributed by atoms with Crippen LogP contribution in [0.3, 0.4) is 0 Å². The van der Waals surface area contributed by atoms with Crippen molar-refractivity contribution in [2.75, 3.05) is 0 Å². The van der Waals surface area contributed by atoms with Crippen LogP contribution in [0.15, 0.2) is 37.2 Å². The molecule has 4 aromatic rings. The van der Waals surface area contributed by atoms with Crippen molar-refractivity contribution >= 4 is 0 Å². The molecule has 0 bridgehead atoms. The van der Waals surface area contributed by atoms with Crippen LogP contribution in [0.25, 0.3) is 22.8 Å². The van der Waals surface area contributed by atoms with Crippen LogP contribution in [0.1, 0.15) is 64.1 Å². The maximum absolute atomic E-state index is 4.25. The second kappa shape index (κ2) is 10.5. The Labute approximate surface area is 209 Å². The average Bonchev–Trinajstić information content (AvgIpc) is 3.32. The Bertz CT molecular complexity index is 1060. The van der Waals surface area contributed by atoms with Gasteiger partial charge in [0.25, 0.3) is 0 Å². The van der Waals surface area contributed by atoms with Crippen LogP contribution in [-0.2, 0) is 31.9 Å². The molecule has 0 aromatic carbocycles. The van der Waals surface area contributed by atoms with E-state index in [1.54, 1.807) is 12.4 Å². The molecule has 0 N–H and O–H groups in total.